The normalized spacial score (nSPS) is 17.6. The molecular weight excluding hydrogens is 536 g/mol. The minimum Gasteiger partial charge on any atom is -0.481 e. The summed E-state index contributed by atoms with van der Waals surface area (Å²) in [5.74, 6) is -2.17. The molecule has 0 saturated heterocycles. The third-order valence-electron chi connectivity index (χ3n) is 7.41. The maximum absolute atomic E-state index is 11.8. The fourth-order valence-electron chi connectivity index (χ4n) is 5.39. The lowest BCUT2D eigenvalue weighted by molar-refractivity contribution is -0.146. The minimum absolute atomic E-state index is 0.0887. The van der Waals surface area contributed by atoms with E-state index in [9.17, 15) is 23.8 Å². The number of para-hydroxylation sites is 1. The number of carboxylic acids is 2. The highest BCUT2D eigenvalue weighted by molar-refractivity contribution is 8.24. The molecule has 0 aliphatic carbocycles. The molecule has 0 amide bonds. The van der Waals surface area contributed by atoms with Gasteiger partial charge in [-0.1, -0.05) is 57.7 Å². The van der Waals surface area contributed by atoms with E-state index in [4.69, 9.17) is 5.11 Å². The van der Waals surface area contributed by atoms with Crippen molar-refractivity contribution < 1.29 is 28.9 Å². The number of anilines is 2. The fraction of sp³-hybridized carbons (Fsp3) is 0.517. The highest BCUT2D eigenvalue weighted by Gasteiger charge is 2.42. The molecule has 0 aromatic heterocycles. The van der Waals surface area contributed by atoms with Crippen molar-refractivity contribution in [3.05, 3.63) is 48.0 Å². The molecule has 3 rings (SSSR count). The molecule has 0 fully saturated rings. The Morgan fingerprint density at radius 3 is 2.26 bits per heavy atom. The van der Waals surface area contributed by atoms with Crippen LogP contribution in [0, 0.1) is 5.41 Å². The quantitative estimate of drug-likeness (QED) is 0.150. The van der Waals surface area contributed by atoms with Crippen LogP contribution in [0.5, 0.6) is 0 Å². The van der Waals surface area contributed by atoms with Crippen molar-refractivity contribution in [3.63, 3.8) is 0 Å². The summed E-state index contributed by atoms with van der Waals surface area (Å²) in [5, 5.41) is 21.5. The number of unbranched alkanes of at least 4 members (excludes halogenated alkanes) is 2. The number of nitrogens with zero attached hydrogens (tertiary/aromatic N) is 1. The maximum atomic E-state index is 11.8. The minimum atomic E-state index is -3.20. The molecule has 1 aliphatic rings. The number of carbonyl (C=O) groups is 2. The van der Waals surface area contributed by atoms with Gasteiger partial charge in [0.05, 0.1) is 17.0 Å². The van der Waals surface area contributed by atoms with Crippen LogP contribution in [0.25, 0.3) is 0 Å². The smallest absolute Gasteiger partial charge is 0.321 e. The maximum Gasteiger partial charge on any atom is 0.321 e. The molecule has 2 aromatic carbocycles. The first-order valence-electron chi connectivity index (χ1n) is 13.5. The van der Waals surface area contributed by atoms with Crippen LogP contribution in [-0.4, -0.2) is 55.9 Å². The topological polar surface area (TPSA) is 130 Å². The van der Waals surface area contributed by atoms with Gasteiger partial charge in [0, 0.05) is 34.8 Å². The number of carboxylic acid groups (broad SMARTS) is 2. The Hall–Kier alpha value is -2.24. The van der Waals surface area contributed by atoms with Gasteiger partial charge in [-0.15, -0.1) is 11.8 Å². The number of benzene rings is 2. The van der Waals surface area contributed by atoms with Crippen molar-refractivity contribution in [1.29, 1.82) is 0 Å². The Morgan fingerprint density at radius 2 is 1.72 bits per heavy atom. The molecule has 0 saturated carbocycles. The monoisotopic (exact) mass is 578 g/mol. The van der Waals surface area contributed by atoms with Gasteiger partial charge in [0.25, 0.3) is 0 Å². The summed E-state index contributed by atoms with van der Waals surface area (Å²) < 4.78 is 23.6. The second kappa shape index (κ2) is 13.9. The summed E-state index contributed by atoms with van der Waals surface area (Å²) in [6.45, 7) is 5.08. The zero-order valence-electron chi connectivity index (χ0n) is 23.1. The van der Waals surface area contributed by atoms with Crippen molar-refractivity contribution in [3.8, 4) is 0 Å². The predicted octanol–water partition coefficient (Wildman–Crippen LogP) is 7.05. The number of aliphatic carboxylic acids is 2. The summed E-state index contributed by atoms with van der Waals surface area (Å²) in [5.41, 5.74) is 2.16. The highest BCUT2D eigenvalue weighted by atomic mass is 32.3. The molecule has 10 heteroatoms. The average molecular weight is 579 g/mol. The summed E-state index contributed by atoms with van der Waals surface area (Å²) in [6.07, 6.45) is 7.23. The van der Waals surface area contributed by atoms with Crippen molar-refractivity contribution in [2.45, 2.75) is 81.2 Å². The molecule has 0 spiro atoms. The van der Waals surface area contributed by atoms with Crippen LogP contribution in [0.3, 0.4) is 0 Å². The molecule has 1 aliphatic heterocycles. The van der Waals surface area contributed by atoms with Crippen LogP contribution in [0.1, 0.15) is 64.4 Å². The number of hydrogen-bond donors (Lipinski definition) is 5. The molecule has 39 heavy (non-hydrogen) atoms. The molecule has 8 nitrogen and oxygen atoms in total. The van der Waals surface area contributed by atoms with Gasteiger partial charge in [-0.05, 0) is 48.9 Å². The van der Waals surface area contributed by atoms with E-state index in [0.29, 0.717) is 17.0 Å². The summed E-state index contributed by atoms with van der Waals surface area (Å²) in [4.78, 5) is 26.3. The van der Waals surface area contributed by atoms with Crippen molar-refractivity contribution in [2.75, 3.05) is 23.5 Å². The second-order valence-corrected chi connectivity index (χ2v) is 13.4. The lowest BCUT2D eigenvalue weighted by Gasteiger charge is -2.42. The number of nitrogens with one attached hydrogen (secondary N) is 1. The Labute approximate surface area is 237 Å². The first-order chi connectivity index (χ1) is 18.6. The molecule has 1 unspecified atom stereocenters. The SMILES string of the molecule is CCCCC1(CCCC)CN(c2ccccc2)c2cc(SC)c(CNC(CC(=O)O)C(=O)O)cc2S(O)(O)C1. The lowest BCUT2D eigenvalue weighted by Crippen LogP contribution is -2.38. The van der Waals surface area contributed by atoms with Crippen molar-refractivity contribution in [2.24, 2.45) is 5.41 Å². The van der Waals surface area contributed by atoms with Crippen LogP contribution in [0.15, 0.2) is 52.3 Å². The molecule has 0 radical (unpaired) electrons. The Kier molecular flexibility index (Phi) is 11.1. The van der Waals surface area contributed by atoms with E-state index >= 15 is 0 Å². The zero-order valence-corrected chi connectivity index (χ0v) is 24.7. The molecule has 216 valence electrons. The molecule has 2 aromatic rings. The van der Waals surface area contributed by atoms with Crippen molar-refractivity contribution in [1.82, 2.24) is 5.32 Å². The Morgan fingerprint density at radius 1 is 1.08 bits per heavy atom. The van der Waals surface area contributed by atoms with Gasteiger partial charge in [-0.25, -0.2) is 0 Å². The largest absolute Gasteiger partial charge is 0.481 e. The van der Waals surface area contributed by atoms with Gasteiger partial charge < -0.3 is 15.1 Å². The molecule has 1 heterocycles. The summed E-state index contributed by atoms with van der Waals surface area (Å²) in [6, 6.07) is 12.5. The fourth-order valence-corrected chi connectivity index (χ4v) is 8.23. The summed E-state index contributed by atoms with van der Waals surface area (Å²) >= 11 is 1.49. The van der Waals surface area contributed by atoms with Crippen LogP contribution in [0.2, 0.25) is 0 Å². The van der Waals surface area contributed by atoms with Crippen molar-refractivity contribution >= 4 is 45.7 Å². The van der Waals surface area contributed by atoms with E-state index in [1.54, 1.807) is 6.07 Å². The van der Waals surface area contributed by atoms with Crippen LogP contribution >= 0.6 is 22.4 Å². The summed E-state index contributed by atoms with van der Waals surface area (Å²) in [7, 11) is -3.20. The van der Waals surface area contributed by atoms with Crippen LogP contribution in [-0.2, 0) is 16.1 Å². The van der Waals surface area contributed by atoms with E-state index in [2.05, 4.69) is 24.1 Å². The van der Waals surface area contributed by atoms with Gasteiger partial charge in [0.1, 0.15) is 6.04 Å². The van der Waals surface area contributed by atoms with Crippen LogP contribution < -0.4 is 10.2 Å². The van der Waals surface area contributed by atoms with E-state index in [-0.39, 0.29) is 17.7 Å². The van der Waals surface area contributed by atoms with Gasteiger partial charge in [-0.2, -0.15) is 10.6 Å². The van der Waals surface area contributed by atoms with Gasteiger partial charge in [0.2, 0.25) is 0 Å². The molecule has 1 atom stereocenters. The van der Waals surface area contributed by atoms with Gasteiger partial charge >= 0.3 is 11.9 Å². The molecule has 5 N–H and O–H groups in total. The van der Waals surface area contributed by atoms with E-state index in [1.807, 2.05) is 42.7 Å². The Balaban J connectivity index is 2.14. The number of thioether (sulfide) groups is 1. The average Bonchev–Trinajstić information content (AvgIpc) is 3.00. The third kappa shape index (κ3) is 7.91. The predicted molar refractivity (Wildman–Crippen MR) is 160 cm³/mol. The number of hydrogen-bond acceptors (Lipinski definition) is 7. The highest BCUT2D eigenvalue weighted by Crippen LogP contribution is 2.61. The third-order valence-corrected chi connectivity index (χ3v) is 10.3. The second-order valence-electron chi connectivity index (χ2n) is 10.4. The lowest BCUT2D eigenvalue weighted by atomic mass is 9.79. The number of fused-ring (bicyclic) bond motifs is 1. The van der Waals surface area contributed by atoms with E-state index in [0.717, 1.165) is 54.8 Å². The van der Waals surface area contributed by atoms with E-state index < -0.39 is 35.0 Å². The van der Waals surface area contributed by atoms with Gasteiger partial charge in [0.15, 0.2) is 0 Å². The van der Waals surface area contributed by atoms with E-state index in [1.165, 1.54) is 11.8 Å². The Bertz CT molecular complexity index is 1120. The van der Waals surface area contributed by atoms with Crippen LogP contribution in [0.4, 0.5) is 11.4 Å². The number of rotatable bonds is 14. The van der Waals surface area contributed by atoms with Gasteiger partial charge in [-0.3, -0.25) is 24.0 Å². The first-order valence-corrected chi connectivity index (χ1v) is 16.5. The zero-order chi connectivity index (χ0) is 28.6. The standard InChI is InChI=1S/C29H42N2O6S2/c1-4-6-13-29(14-7-5-2)19-31(22-11-9-8-10-12-22)24-17-25(38-3)21(15-26(24)39(36,37)20-29)18-30-23(28(34)35)16-27(32)33/h8-12,15,17,23,30,36-37H,4-7,13-14,16,18-20H2,1-3H3,(H,32,33)(H,34,35). The first kappa shape index (κ1) is 31.3. The molecular formula is C29H42N2O6S2. The molecule has 0 bridgehead atoms.